The number of hydrogen-bond acceptors (Lipinski definition) is 3. The number of carbonyl (C=O) groups excluding carboxylic acids is 1. The first-order chi connectivity index (χ1) is 13.2. The Balaban J connectivity index is 1.35. The Morgan fingerprint density at radius 1 is 1.11 bits per heavy atom. The number of amides is 1. The summed E-state index contributed by atoms with van der Waals surface area (Å²) >= 11 is 6.08. The van der Waals surface area contributed by atoms with Crippen molar-refractivity contribution in [3.63, 3.8) is 0 Å². The molecule has 142 valence electrons. The van der Waals surface area contributed by atoms with Crippen LogP contribution in [0.1, 0.15) is 68.2 Å². The summed E-state index contributed by atoms with van der Waals surface area (Å²) in [6.07, 6.45) is 9.61. The molecule has 3 fully saturated rings. The predicted molar refractivity (Wildman–Crippen MR) is 104 cm³/mol. The van der Waals surface area contributed by atoms with Crippen LogP contribution in [-0.4, -0.2) is 38.9 Å². The molecule has 0 unspecified atom stereocenters. The second-order valence-corrected chi connectivity index (χ2v) is 8.82. The molecule has 1 aromatic heterocycles. The number of aromatic nitrogens is 3. The van der Waals surface area contributed by atoms with E-state index in [2.05, 4.69) is 21.4 Å². The lowest BCUT2D eigenvalue weighted by atomic mass is 9.77. The monoisotopic (exact) mass is 384 g/mol. The third-order valence-electron chi connectivity index (χ3n) is 6.61. The van der Waals surface area contributed by atoms with Gasteiger partial charge in [0.2, 0.25) is 5.91 Å². The number of hydrogen-bond donors (Lipinski definition) is 0. The molecule has 2 saturated carbocycles. The maximum atomic E-state index is 13.6. The van der Waals surface area contributed by atoms with Gasteiger partial charge in [0.25, 0.3) is 0 Å². The van der Waals surface area contributed by atoms with Crippen molar-refractivity contribution in [3.05, 3.63) is 46.7 Å². The average Bonchev–Trinajstić information content (AvgIpc) is 3.11. The van der Waals surface area contributed by atoms with Crippen molar-refractivity contribution in [2.75, 3.05) is 13.1 Å². The van der Waals surface area contributed by atoms with Gasteiger partial charge in [-0.3, -0.25) is 4.79 Å². The fraction of sp³-hybridized carbons (Fsp3) is 0.571. The highest BCUT2D eigenvalue weighted by molar-refractivity contribution is 6.30. The molecule has 2 heterocycles. The Hall–Kier alpha value is -1.88. The fourth-order valence-corrected chi connectivity index (χ4v) is 4.98. The van der Waals surface area contributed by atoms with Gasteiger partial charge in [0.05, 0.1) is 17.2 Å². The van der Waals surface area contributed by atoms with E-state index in [1.165, 1.54) is 12.8 Å². The van der Waals surface area contributed by atoms with E-state index in [4.69, 9.17) is 11.6 Å². The maximum Gasteiger partial charge on any atom is 0.233 e. The molecule has 27 heavy (non-hydrogen) atoms. The van der Waals surface area contributed by atoms with Gasteiger partial charge in [0.1, 0.15) is 0 Å². The summed E-state index contributed by atoms with van der Waals surface area (Å²) in [7, 11) is 0. The summed E-state index contributed by atoms with van der Waals surface area (Å²) in [6.45, 7) is 1.54. The lowest BCUT2D eigenvalue weighted by molar-refractivity contribution is -0.136. The third-order valence-corrected chi connectivity index (χ3v) is 6.86. The highest BCUT2D eigenvalue weighted by Crippen LogP contribution is 2.44. The van der Waals surface area contributed by atoms with E-state index in [-0.39, 0.29) is 17.4 Å². The summed E-state index contributed by atoms with van der Waals surface area (Å²) in [5.41, 5.74) is 1.86. The lowest BCUT2D eigenvalue weighted by Gasteiger charge is -2.33. The standard InChI is InChI=1S/C21H25ClN4O/c22-17-7-5-16(6-8-17)21(10-1-2-11-21)20(27)25-12-9-18(13-25)26-14-19(23-24-26)15-3-4-15/h5-8,14-15,18H,1-4,9-13H2/t18-/m1/s1. The van der Waals surface area contributed by atoms with E-state index in [0.29, 0.717) is 5.92 Å². The largest absolute Gasteiger partial charge is 0.340 e. The third kappa shape index (κ3) is 3.06. The van der Waals surface area contributed by atoms with Crippen LogP contribution in [0, 0.1) is 0 Å². The Labute approximate surface area is 164 Å². The summed E-state index contributed by atoms with van der Waals surface area (Å²) in [5.74, 6) is 0.900. The first-order valence-corrected chi connectivity index (χ1v) is 10.5. The van der Waals surface area contributed by atoms with Crippen LogP contribution in [0.4, 0.5) is 0 Å². The van der Waals surface area contributed by atoms with Gasteiger partial charge < -0.3 is 4.90 Å². The second kappa shape index (κ2) is 6.62. The molecule has 1 aliphatic heterocycles. The van der Waals surface area contributed by atoms with E-state index >= 15 is 0 Å². The lowest BCUT2D eigenvalue weighted by Crippen LogP contribution is -2.44. The minimum absolute atomic E-state index is 0.248. The van der Waals surface area contributed by atoms with E-state index < -0.39 is 0 Å². The van der Waals surface area contributed by atoms with Crippen molar-refractivity contribution in [2.24, 2.45) is 0 Å². The number of carbonyl (C=O) groups is 1. The molecule has 0 radical (unpaired) electrons. The number of rotatable bonds is 4. The predicted octanol–water partition coefficient (Wildman–Crippen LogP) is 4.09. The first-order valence-electron chi connectivity index (χ1n) is 10.1. The topological polar surface area (TPSA) is 51.0 Å². The zero-order valence-electron chi connectivity index (χ0n) is 15.5. The highest BCUT2D eigenvalue weighted by Gasteiger charge is 2.46. The number of halogens is 1. The van der Waals surface area contributed by atoms with Crippen LogP contribution in [0.25, 0.3) is 0 Å². The quantitative estimate of drug-likeness (QED) is 0.797. The summed E-state index contributed by atoms with van der Waals surface area (Å²) in [4.78, 5) is 15.7. The van der Waals surface area contributed by atoms with Crippen LogP contribution in [0.3, 0.4) is 0 Å². The summed E-state index contributed by atoms with van der Waals surface area (Å²) in [6, 6.07) is 8.15. The molecule has 0 spiro atoms. The van der Waals surface area contributed by atoms with Crippen LogP contribution in [0.5, 0.6) is 0 Å². The molecule has 2 aliphatic carbocycles. The van der Waals surface area contributed by atoms with Gasteiger partial charge >= 0.3 is 0 Å². The van der Waals surface area contributed by atoms with Crippen molar-refractivity contribution in [1.82, 2.24) is 19.9 Å². The molecule has 2 aromatic rings. The van der Waals surface area contributed by atoms with Crippen molar-refractivity contribution < 1.29 is 4.79 Å². The molecule has 5 rings (SSSR count). The van der Waals surface area contributed by atoms with Gasteiger partial charge in [0.15, 0.2) is 0 Å². The molecule has 1 saturated heterocycles. The summed E-state index contributed by atoms with van der Waals surface area (Å²) < 4.78 is 1.99. The maximum absolute atomic E-state index is 13.6. The number of benzene rings is 1. The van der Waals surface area contributed by atoms with Gasteiger partial charge in [0, 0.05) is 30.2 Å². The smallest absolute Gasteiger partial charge is 0.233 e. The van der Waals surface area contributed by atoms with Gasteiger partial charge in [-0.15, -0.1) is 5.10 Å². The van der Waals surface area contributed by atoms with E-state index in [1.54, 1.807) is 0 Å². The van der Waals surface area contributed by atoms with Crippen LogP contribution in [-0.2, 0) is 10.2 Å². The van der Waals surface area contributed by atoms with Crippen LogP contribution < -0.4 is 0 Å². The minimum Gasteiger partial charge on any atom is -0.340 e. The average molecular weight is 385 g/mol. The van der Waals surface area contributed by atoms with Gasteiger partial charge in [-0.05, 0) is 49.8 Å². The zero-order valence-corrected chi connectivity index (χ0v) is 16.2. The number of likely N-dealkylation sites (tertiary alicyclic amines) is 1. The SMILES string of the molecule is O=C(N1CC[C@@H](n2cc(C3CC3)nn2)C1)C1(c2ccc(Cl)cc2)CCCC1. The van der Waals surface area contributed by atoms with Crippen LogP contribution >= 0.6 is 11.6 Å². The molecule has 5 nitrogen and oxygen atoms in total. The van der Waals surface area contributed by atoms with Crippen molar-refractivity contribution in [3.8, 4) is 0 Å². The molecular formula is C21H25ClN4O. The molecule has 0 N–H and O–H groups in total. The molecule has 3 aliphatic rings. The molecule has 1 aromatic carbocycles. The van der Waals surface area contributed by atoms with Crippen molar-refractivity contribution in [2.45, 2.75) is 62.3 Å². The van der Waals surface area contributed by atoms with Crippen LogP contribution in [0.15, 0.2) is 30.5 Å². The summed E-state index contributed by atoms with van der Waals surface area (Å²) in [5, 5.41) is 9.41. The van der Waals surface area contributed by atoms with Crippen molar-refractivity contribution >= 4 is 17.5 Å². The normalized spacial score (nSPS) is 24.5. The number of nitrogens with zero attached hydrogens (tertiary/aromatic N) is 4. The Morgan fingerprint density at radius 2 is 1.85 bits per heavy atom. The Morgan fingerprint density at radius 3 is 2.56 bits per heavy atom. The van der Waals surface area contributed by atoms with E-state index in [9.17, 15) is 4.79 Å². The second-order valence-electron chi connectivity index (χ2n) is 8.39. The van der Waals surface area contributed by atoms with Crippen LogP contribution in [0.2, 0.25) is 5.02 Å². The molecule has 1 atom stereocenters. The Bertz CT molecular complexity index is 836. The van der Waals surface area contributed by atoms with E-state index in [1.807, 2.05) is 28.9 Å². The van der Waals surface area contributed by atoms with Gasteiger partial charge in [-0.2, -0.15) is 0 Å². The van der Waals surface area contributed by atoms with Crippen molar-refractivity contribution in [1.29, 1.82) is 0 Å². The highest BCUT2D eigenvalue weighted by atomic mass is 35.5. The molecule has 1 amide bonds. The van der Waals surface area contributed by atoms with Gasteiger partial charge in [-0.25, -0.2) is 4.68 Å². The molecule has 0 bridgehead atoms. The Kier molecular flexibility index (Phi) is 4.23. The first kappa shape index (κ1) is 17.2. The van der Waals surface area contributed by atoms with E-state index in [0.717, 1.165) is 61.5 Å². The fourth-order valence-electron chi connectivity index (χ4n) is 4.85. The minimum atomic E-state index is -0.374. The molecule has 6 heteroatoms. The molecular weight excluding hydrogens is 360 g/mol. The van der Waals surface area contributed by atoms with Gasteiger partial charge in [-0.1, -0.05) is 41.8 Å². The zero-order chi connectivity index (χ0) is 18.4.